The van der Waals surface area contributed by atoms with Crippen molar-refractivity contribution in [3.05, 3.63) is 58.9 Å². The van der Waals surface area contributed by atoms with Crippen molar-refractivity contribution >= 4 is 38.8 Å². The van der Waals surface area contributed by atoms with Gasteiger partial charge in [-0.3, -0.25) is 4.72 Å². The summed E-state index contributed by atoms with van der Waals surface area (Å²) in [4.78, 5) is 7.80. The van der Waals surface area contributed by atoms with Gasteiger partial charge in [0.05, 0.1) is 12.1 Å². The fourth-order valence-electron chi connectivity index (χ4n) is 3.70. The van der Waals surface area contributed by atoms with Gasteiger partial charge in [-0.15, -0.1) is 0 Å². The van der Waals surface area contributed by atoms with Crippen LogP contribution in [-0.4, -0.2) is 49.2 Å². The lowest BCUT2D eigenvalue weighted by molar-refractivity contribution is -0.110. The Kier molecular flexibility index (Phi) is 7.31. The van der Waals surface area contributed by atoms with Crippen molar-refractivity contribution in [2.24, 2.45) is 0 Å². The Hall–Kier alpha value is -3.42. The molecule has 5 N–H and O–H groups in total. The summed E-state index contributed by atoms with van der Waals surface area (Å²) >= 11 is 5.80. The minimum atomic E-state index is -4.28. The molecule has 0 unspecified atom stereocenters. The van der Waals surface area contributed by atoms with Crippen LogP contribution in [0.5, 0.6) is 5.88 Å². The van der Waals surface area contributed by atoms with Crippen molar-refractivity contribution in [3.63, 3.8) is 0 Å². The number of halogens is 4. The number of hydrogen-bond donors (Lipinski definition) is 4. The van der Waals surface area contributed by atoms with E-state index in [0.29, 0.717) is 12.1 Å². The van der Waals surface area contributed by atoms with Crippen molar-refractivity contribution in [1.82, 2.24) is 15.3 Å². The predicted octanol–water partition coefficient (Wildman–Crippen LogP) is 4.08. The van der Waals surface area contributed by atoms with Crippen molar-refractivity contribution in [3.8, 4) is 17.3 Å². The molecular weight excluding hydrogens is 533 g/mol. The molecule has 4 rings (SSSR count). The normalized spacial score (nSPS) is 17.3. The van der Waals surface area contributed by atoms with Gasteiger partial charge in [-0.25, -0.2) is 26.6 Å². The number of nitrogens with zero attached hydrogens (tertiary/aromatic N) is 2. The molecule has 0 bridgehead atoms. The van der Waals surface area contributed by atoms with Crippen LogP contribution in [0.25, 0.3) is 11.4 Å². The lowest BCUT2D eigenvalue weighted by Gasteiger charge is -2.32. The number of rotatable bonds is 7. The number of sulfonamides is 1. The Morgan fingerprint density at radius 3 is 2.59 bits per heavy atom. The summed E-state index contributed by atoms with van der Waals surface area (Å²) in [5, 5.41) is 10.6. The van der Waals surface area contributed by atoms with E-state index >= 15 is 0 Å². The number of hydrogen-bond acceptors (Lipinski definition) is 8. The van der Waals surface area contributed by atoms with Crippen molar-refractivity contribution < 1.29 is 26.3 Å². The van der Waals surface area contributed by atoms with Gasteiger partial charge in [0.1, 0.15) is 16.5 Å². The number of nitrogen functional groups attached to an aromatic ring is 1. The number of aromatic nitrogens is 2. The smallest absolute Gasteiger partial charge is 0.296 e. The lowest BCUT2D eigenvalue weighted by atomic mass is 10.1. The summed E-state index contributed by atoms with van der Waals surface area (Å²) in [7, 11) is -4.28. The monoisotopic (exact) mass is 554 g/mol. The summed E-state index contributed by atoms with van der Waals surface area (Å²) in [6.45, 7) is 1.18. The van der Waals surface area contributed by atoms with E-state index in [0.717, 1.165) is 12.1 Å². The van der Waals surface area contributed by atoms with E-state index in [-0.39, 0.29) is 45.9 Å². The van der Waals surface area contributed by atoms with Crippen LogP contribution >= 0.6 is 11.6 Å². The zero-order valence-electron chi connectivity index (χ0n) is 19.4. The third-order valence-electron chi connectivity index (χ3n) is 5.53. The average molecular weight is 555 g/mol. The highest BCUT2D eigenvalue weighted by molar-refractivity contribution is 7.92. The molecular formula is C23H22ClF3N6O3S. The summed E-state index contributed by atoms with van der Waals surface area (Å²) in [6.07, 6.45) is -1.46. The van der Waals surface area contributed by atoms with Gasteiger partial charge in [-0.05, 0) is 55.9 Å². The van der Waals surface area contributed by atoms with Gasteiger partial charge in [0.2, 0.25) is 5.88 Å². The maximum absolute atomic E-state index is 14.4. The van der Waals surface area contributed by atoms with Crippen molar-refractivity contribution in [2.75, 3.05) is 23.5 Å². The maximum Gasteiger partial charge on any atom is 0.296 e. The van der Waals surface area contributed by atoms with Crippen LogP contribution in [0.3, 0.4) is 0 Å². The van der Waals surface area contributed by atoms with E-state index in [1.165, 1.54) is 37.3 Å². The van der Waals surface area contributed by atoms with Gasteiger partial charge in [0, 0.05) is 28.4 Å². The summed E-state index contributed by atoms with van der Waals surface area (Å²) in [5.74, 6) is -4.49. The van der Waals surface area contributed by atoms with Crippen molar-refractivity contribution in [2.45, 2.75) is 30.3 Å². The quantitative estimate of drug-likeness (QED) is 0.322. The molecule has 14 heteroatoms. The largest absolute Gasteiger partial charge is 0.467 e. The first-order valence-corrected chi connectivity index (χ1v) is 12.8. The first-order chi connectivity index (χ1) is 17.4. The fourth-order valence-corrected chi connectivity index (χ4v) is 5.10. The third-order valence-corrected chi connectivity index (χ3v) is 7.16. The van der Waals surface area contributed by atoms with Crippen LogP contribution in [0.2, 0.25) is 5.02 Å². The second kappa shape index (κ2) is 10.1. The van der Waals surface area contributed by atoms with E-state index in [9.17, 15) is 21.6 Å². The van der Waals surface area contributed by atoms with E-state index in [1.54, 1.807) is 0 Å². The van der Waals surface area contributed by atoms with Gasteiger partial charge < -0.3 is 21.2 Å². The van der Waals surface area contributed by atoms with Gasteiger partial charge in [-0.2, -0.15) is 4.98 Å². The third kappa shape index (κ3) is 5.78. The molecule has 1 aliphatic rings. The second-order valence-corrected chi connectivity index (χ2v) is 10.4. The van der Waals surface area contributed by atoms with Crippen LogP contribution in [0.15, 0.2) is 47.4 Å². The van der Waals surface area contributed by atoms with Gasteiger partial charge in [0.25, 0.3) is 15.9 Å². The number of nitrogens with two attached hydrogens (primary N) is 1. The topological polar surface area (TPSA) is 143 Å². The highest BCUT2D eigenvalue weighted by Crippen LogP contribution is 2.32. The first kappa shape index (κ1) is 26.6. The molecule has 196 valence electrons. The van der Waals surface area contributed by atoms with Crippen molar-refractivity contribution in [1.29, 1.82) is 5.41 Å². The molecule has 0 saturated carbocycles. The van der Waals surface area contributed by atoms with Crippen LogP contribution in [-0.2, 0) is 10.0 Å². The SMILES string of the molecule is CC(=N)c1c(N)nc(-c2ccc(NS(=O)(=O)c3cc(Cl)ccc3F)cc2)nc1O[C@@H]1CCNCC1(F)F. The maximum atomic E-state index is 14.4. The molecule has 0 aliphatic carbocycles. The summed E-state index contributed by atoms with van der Waals surface area (Å²) < 4.78 is 75.8. The molecule has 1 saturated heterocycles. The number of piperidine rings is 1. The number of nitrogens with one attached hydrogen (secondary N) is 3. The Bertz CT molecular complexity index is 1450. The molecule has 2 heterocycles. The second-order valence-electron chi connectivity index (χ2n) is 8.33. The number of ether oxygens (including phenoxy) is 1. The highest BCUT2D eigenvalue weighted by atomic mass is 35.5. The number of alkyl halides is 2. The van der Waals surface area contributed by atoms with Gasteiger partial charge >= 0.3 is 0 Å². The fraction of sp³-hybridized carbons (Fsp3) is 0.261. The van der Waals surface area contributed by atoms with Crippen LogP contribution < -0.4 is 20.5 Å². The van der Waals surface area contributed by atoms with E-state index in [4.69, 9.17) is 27.5 Å². The van der Waals surface area contributed by atoms with E-state index < -0.39 is 39.3 Å². The molecule has 0 radical (unpaired) electrons. The minimum Gasteiger partial charge on any atom is -0.467 e. The molecule has 1 atom stereocenters. The van der Waals surface area contributed by atoms with Crippen LogP contribution in [0.1, 0.15) is 18.9 Å². The number of benzene rings is 2. The van der Waals surface area contributed by atoms with E-state index in [1.807, 2.05) is 0 Å². The Morgan fingerprint density at radius 2 is 1.95 bits per heavy atom. The van der Waals surface area contributed by atoms with Gasteiger partial charge in [-0.1, -0.05) is 11.6 Å². The zero-order valence-corrected chi connectivity index (χ0v) is 20.9. The van der Waals surface area contributed by atoms with Gasteiger partial charge in [0.15, 0.2) is 11.9 Å². The lowest BCUT2D eigenvalue weighted by Crippen LogP contribution is -2.52. The molecule has 1 fully saturated rings. The molecule has 1 aliphatic heterocycles. The minimum absolute atomic E-state index is 0.00557. The number of anilines is 2. The molecule has 3 aromatic rings. The zero-order chi connectivity index (χ0) is 27.0. The molecule has 1 aromatic heterocycles. The highest BCUT2D eigenvalue weighted by Gasteiger charge is 2.44. The molecule has 2 aromatic carbocycles. The summed E-state index contributed by atoms with van der Waals surface area (Å²) in [5.41, 5.74) is 6.44. The molecule has 0 amide bonds. The van der Waals surface area contributed by atoms with E-state index in [2.05, 4.69) is 20.0 Å². The average Bonchev–Trinajstić information content (AvgIpc) is 2.81. The molecule has 9 nitrogen and oxygen atoms in total. The Balaban J connectivity index is 1.63. The van der Waals surface area contributed by atoms with Crippen LogP contribution in [0.4, 0.5) is 24.7 Å². The molecule has 0 spiro atoms. The van der Waals surface area contributed by atoms with Crippen LogP contribution in [0, 0.1) is 11.2 Å². The Labute approximate surface area is 215 Å². The standard InChI is InChI=1S/C23H22ClF3N6O3S/c1-12(28)19-20(29)31-21(32-22(19)36-18-8-9-30-11-23(18,26)27)13-2-5-15(6-3-13)33-37(34,35)17-10-14(24)4-7-16(17)25/h2-7,10,18,28,30,33H,8-9,11H2,1H3,(H2,29,31,32)/t18-/m1/s1. The Morgan fingerprint density at radius 1 is 1.24 bits per heavy atom. The molecule has 37 heavy (non-hydrogen) atoms. The first-order valence-electron chi connectivity index (χ1n) is 10.9. The predicted molar refractivity (Wildman–Crippen MR) is 133 cm³/mol. The summed E-state index contributed by atoms with van der Waals surface area (Å²) in [6, 6.07) is 8.84.